The maximum Gasteiger partial charge on any atom is 0.169 e. The number of halogens is 1. The van der Waals surface area contributed by atoms with Gasteiger partial charge in [0.15, 0.2) is 4.67 Å². The standard InChI is InChI=1S/C10H14BrNO/c11-10-6-8-7(4-5-12)2-1-3-9(8)13-10/h6-7H,1-5,12H2. The SMILES string of the molecule is NCCC1CCCc2oc(Br)cc21. The van der Waals surface area contributed by atoms with E-state index in [1.165, 1.54) is 18.4 Å². The van der Waals surface area contributed by atoms with E-state index in [-0.39, 0.29) is 0 Å². The molecule has 0 bridgehead atoms. The summed E-state index contributed by atoms with van der Waals surface area (Å²) in [6, 6.07) is 2.11. The minimum Gasteiger partial charge on any atom is -0.454 e. The molecule has 0 fully saturated rings. The van der Waals surface area contributed by atoms with Crippen LogP contribution in [-0.2, 0) is 6.42 Å². The molecule has 1 unspecified atom stereocenters. The van der Waals surface area contributed by atoms with Gasteiger partial charge in [0.2, 0.25) is 0 Å². The van der Waals surface area contributed by atoms with E-state index in [1.807, 2.05) is 0 Å². The zero-order valence-electron chi connectivity index (χ0n) is 7.55. The lowest BCUT2D eigenvalue weighted by Gasteiger charge is -2.20. The summed E-state index contributed by atoms with van der Waals surface area (Å²) in [7, 11) is 0. The van der Waals surface area contributed by atoms with Gasteiger partial charge in [-0.05, 0) is 59.3 Å². The van der Waals surface area contributed by atoms with Crippen LogP contribution in [0.1, 0.15) is 36.5 Å². The molecule has 13 heavy (non-hydrogen) atoms. The van der Waals surface area contributed by atoms with Gasteiger partial charge >= 0.3 is 0 Å². The number of furan rings is 1. The molecule has 2 N–H and O–H groups in total. The first kappa shape index (κ1) is 9.28. The topological polar surface area (TPSA) is 39.2 Å². The fourth-order valence-electron chi connectivity index (χ4n) is 2.12. The Labute approximate surface area is 86.6 Å². The molecule has 1 aromatic rings. The average Bonchev–Trinajstić information content (AvgIpc) is 2.47. The highest BCUT2D eigenvalue weighted by atomic mass is 79.9. The number of aryl methyl sites for hydroxylation is 1. The summed E-state index contributed by atoms with van der Waals surface area (Å²) in [6.45, 7) is 0.771. The zero-order chi connectivity index (χ0) is 9.26. The van der Waals surface area contributed by atoms with Crippen LogP contribution in [0, 0.1) is 0 Å². The summed E-state index contributed by atoms with van der Waals surface area (Å²) in [4.78, 5) is 0. The second-order valence-corrected chi connectivity index (χ2v) is 4.38. The Morgan fingerprint density at radius 1 is 1.62 bits per heavy atom. The highest BCUT2D eigenvalue weighted by Crippen LogP contribution is 2.36. The molecule has 1 aliphatic rings. The van der Waals surface area contributed by atoms with Crippen molar-refractivity contribution in [2.24, 2.45) is 5.73 Å². The van der Waals surface area contributed by atoms with E-state index in [9.17, 15) is 0 Å². The van der Waals surface area contributed by atoms with Crippen molar-refractivity contribution in [3.8, 4) is 0 Å². The first-order valence-electron chi connectivity index (χ1n) is 4.79. The average molecular weight is 244 g/mol. The Morgan fingerprint density at radius 3 is 3.23 bits per heavy atom. The van der Waals surface area contributed by atoms with E-state index in [2.05, 4.69) is 22.0 Å². The molecule has 1 heterocycles. The molecule has 0 aliphatic heterocycles. The second-order valence-electron chi connectivity index (χ2n) is 3.60. The number of hydrogen-bond donors (Lipinski definition) is 1. The highest BCUT2D eigenvalue weighted by Gasteiger charge is 2.23. The van der Waals surface area contributed by atoms with E-state index in [4.69, 9.17) is 10.2 Å². The van der Waals surface area contributed by atoms with Crippen molar-refractivity contribution in [3.05, 3.63) is 22.1 Å². The van der Waals surface area contributed by atoms with Crippen LogP contribution >= 0.6 is 15.9 Å². The predicted molar refractivity (Wildman–Crippen MR) is 55.8 cm³/mol. The fourth-order valence-corrected chi connectivity index (χ4v) is 2.56. The summed E-state index contributed by atoms with van der Waals surface area (Å²) in [5.41, 5.74) is 6.96. The van der Waals surface area contributed by atoms with Crippen LogP contribution in [0.25, 0.3) is 0 Å². The van der Waals surface area contributed by atoms with Gasteiger partial charge < -0.3 is 10.2 Å². The molecule has 1 atom stereocenters. The molecule has 0 radical (unpaired) electrons. The van der Waals surface area contributed by atoms with Crippen molar-refractivity contribution in [1.29, 1.82) is 0 Å². The van der Waals surface area contributed by atoms with E-state index in [1.54, 1.807) is 0 Å². The lowest BCUT2D eigenvalue weighted by Crippen LogP contribution is -2.12. The van der Waals surface area contributed by atoms with Crippen molar-refractivity contribution in [2.75, 3.05) is 6.54 Å². The maximum absolute atomic E-state index is 5.58. The lowest BCUT2D eigenvalue weighted by atomic mass is 9.85. The Kier molecular flexibility index (Phi) is 2.74. The number of nitrogens with two attached hydrogens (primary N) is 1. The van der Waals surface area contributed by atoms with E-state index >= 15 is 0 Å². The van der Waals surface area contributed by atoms with Gasteiger partial charge in [0, 0.05) is 6.42 Å². The molecule has 1 aliphatic carbocycles. The monoisotopic (exact) mass is 243 g/mol. The molecule has 3 heteroatoms. The van der Waals surface area contributed by atoms with Crippen LogP contribution in [0.2, 0.25) is 0 Å². The molecular weight excluding hydrogens is 230 g/mol. The molecule has 0 saturated carbocycles. The molecule has 2 rings (SSSR count). The van der Waals surface area contributed by atoms with Crippen LogP contribution in [0.15, 0.2) is 15.2 Å². The Morgan fingerprint density at radius 2 is 2.46 bits per heavy atom. The van der Waals surface area contributed by atoms with Gasteiger partial charge in [-0.15, -0.1) is 0 Å². The zero-order valence-corrected chi connectivity index (χ0v) is 9.14. The molecule has 2 nitrogen and oxygen atoms in total. The molecule has 0 spiro atoms. The smallest absolute Gasteiger partial charge is 0.169 e. The highest BCUT2D eigenvalue weighted by molar-refractivity contribution is 9.10. The third-order valence-corrected chi connectivity index (χ3v) is 3.11. The Balaban J connectivity index is 2.25. The summed E-state index contributed by atoms with van der Waals surface area (Å²) < 4.78 is 6.42. The molecule has 0 aromatic carbocycles. The summed E-state index contributed by atoms with van der Waals surface area (Å²) in [5, 5.41) is 0. The second kappa shape index (κ2) is 3.84. The Bertz CT molecular complexity index is 295. The number of fused-ring (bicyclic) bond motifs is 1. The van der Waals surface area contributed by atoms with Crippen LogP contribution < -0.4 is 5.73 Å². The lowest BCUT2D eigenvalue weighted by molar-refractivity contribution is 0.431. The van der Waals surface area contributed by atoms with Gasteiger partial charge in [-0.3, -0.25) is 0 Å². The molecule has 0 saturated heterocycles. The van der Waals surface area contributed by atoms with Gasteiger partial charge in [-0.25, -0.2) is 0 Å². The third-order valence-electron chi connectivity index (χ3n) is 2.72. The van der Waals surface area contributed by atoms with Crippen molar-refractivity contribution >= 4 is 15.9 Å². The van der Waals surface area contributed by atoms with Gasteiger partial charge in [0.25, 0.3) is 0 Å². The van der Waals surface area contributed by atoms with Crippen LogP contribution in [-0.4, -0.2) is 6.54 Å². The molecule has 0 amide bonds. The maximum atomic E-state index is 5.58. The van der Waals surface area contributed by atoms with Gasteiger partial charge in [0.05, 0.1) is 0 Å². The van der Waals surface area contributed by atoms with E-state index < -0.39 is 0 Å². The van der Waals surface area contributed by atoms with Gasteiger partial charge in [0.1, 0.15) is 5.76 Å². The largest absolute Gasteiger partial charge is 0.454 e. The summed E-state index contributed by atoms with van der Waals surface area (Å²) >= 11 is 3.37. The first-order chi connectivity index (χ1) is 6.31. The minimum atomic E-state index is 0.629. The molecular formula is C10H14BrNO. The number of rotatable bonds is 2. The Hall–Kier alpha value is -0.280. The van der Waals surface area contributed by atoms with Crippen molar-refractivity contribution in [3.63, 3.8) is 0 Å². The van der Waals surface area contributed by atoms with Crippen molar-refractivity contribution < 1.29 is 4.42 Å². The van der Waals surface area contributed by atoms with Crippen molar-refractivity contribution in [2.45, 2.75) is 31.6 Å². The quantitative estimate of drug-likeness (QED) is 0.868. The first-order valence-corrected chi connectivity index (χ1v) is 5.58. The third kappa shape index (κ3) is 1.81. The van der Waals surface area contributed by atoms with E-state index in [0.717, 1.165) is 29.8 Å². The fraction of sp³-hybridized carbons (Fsp3) is 0.600. The minimum absolute atomic E-state index is 0.629. The van der Waals surface area contributed by atoms with Crippen molar-refractivity contribution in [1.82, 2.24) is 0 Å². The summed E-state index contributed by atoms with van der Waals surface area (Å²) in [5.74, 6) is 1.79. The molecule has 1 aromatic heterocycles. The van der Waals surface area contributed by atoms with Gasteiger partial charge in [-0.1, -0.05) is 0 Å². The van der Waals surface area contributed by atoms with E-state index in [0.29, 0.717) is 5.92 Å². The molecule has 72 valence electrons. The van der Waals surface area contributed by atoms with Crippen LogP contribution in [0.3, 0.4) is 0 Å². The van der Waals surface area contributed by atoms with Gasteiger partial charge in [-0.2, -0.15) is 0 Å². The van der Waals surface area contributed by atoms with Crippen LogP contribution in [0.4, 0.5) is 0 Å². The summed E-state index contributed by atoms with van der Waals surface area (Å²) in [6.07, 6.45) is 4.66. The predicted octanol–water partition coefficient (Wildman–Crippen LogP) is 2.81. The van der Waals surface area contributed by atoms with Crippen LogP contribution in [0.5, 0.6) is 0 Å². The number of hydrogen-bond acceptors (Lipinski definition) is 2. The normalized spacial score (nSPS) is 21.5.